The predicted octanol–water partition coefficient (Wildman–Crippen LogP) is 2.37. The van der Waals surface area contributed by atoms with Gasteiger partial charge in [-0.25, -0.2) is 0 Å². The second-order valence-electron chi connectivity index (χ2n) is 3.44. The molecule has 88 valence electrons. The smallest absolute Gasteiger partial charge is 0.305 e. The van der Waals surface area contributed by atoms with Crippen LogP contribution in [0.25, 0.3) is 0 Å². The fourth-order valence-electron chi connectivity index (χ4n) is 1.12. The van der Waals surface area contributed by atoms with Crippen molar-refractivity contribution in [3.8, 4) is 0 Å². The zero-order chi connectivity index (χ0) is 12.3. The summed E-state index contributed by atoms with van der Waals surface area (Å²) >= 11 is 4.71. The number of hydrogen-bond donors (Lipinski definition) is 1. The Hall–Kier alpha value is -0.880. The van der Waals surface area contributed by atoms with Crippen LogP contribution in [0.5, 0.6) is 0 Å². The fraction of sp³-hybridized carbons (Fsp3) is 0.400. The molecule has 1 aromatic rings. The number of carbonyl (C=O) groups excluding carboxylic acids is 1. The molecule has 0 aromatic carbocycles. The van der Waals surface area contributed by atoms with Gasteiger partial charge in [0, 0.05) is 13.6 Å². The molecule has 0 aliphatic heterocycles. The van der Waals surface area contributed by atoms with Gasteiger partial charge >= 0.3 is 5.97 Å². The van der Waals surface area contributed by atoms with Crippen LogP contribution in [-0.2, 0) is 4.79 Å². The van der Waals surface area contributed by atoms with Crippen molar-refractivity contribution in [2.45, 2.75) is 13.3 Å². The second-order valence-corrected chi connectivity index (χ2v) is 5.81. The van der Waals surface area contributed by atoms with Gasteiger partial charge in [0.05, 0.1) is 15.1 Å². The first-order valence-electron chi connectivity index (χ1n) is 4.65. The number of halogens is 1. The molecule has 0 saturated heterocycles. The van der Waals surface area contributed by atoms with Gasteiger partial charge in [-0.2, -0.15) is 0 Å². The molecule has 4 nitrogen and oxygen atoms in total. The highest BCUT2D eigenvalue weighted by Gasteiger charge is 2.16. The number of aryl methyl sites for hydroxylation is 1. The molecular weight excluding hydrogens is 294 g/mol. The van der Waals surface area contributed by atoms with Crippen LogP contribution < -0.4 is 0 Å². The topological polar surface area (TPSA) is 57.6 Å². The van der Waals surface area contributed by atoms with Gasteiger partial charge in [0.1, 0.15) is 0 Å². The van der Waals surface area contributed by atoms with Gasteiger partial charge < -0.3 is 10.0 Å². The van der Waals surface area contributed by atoms with Crippen molar-refractivity contribution in [2.24, 2.45) is 0 Å². The molecule has 1 aromatic heterocycles. The summed E-state index contributed by atoms with van der Waals surface area (Å²) < 4.78 is 0.933. The van der Waals surface area contributed by atoms with Crippen LogP contribution in [0.4, 0.5) is 0 Å². The molecule has 0 unspecified atom stereocenters. The van der Waals surface area contributed by atoms with Crippen molar-refractivity contribution >= 4 is 39.1 Å². The van der Waals surface area contributed by atoms with Gasteiger partial charge in [-0.05, 0) is 34.5 Å². The van der Waals surface area contributed by atoms with E-state index in [0.29, 0.717) is 4.88 Å². The number of hydrogen-bond acceptors (Lipinski definition) is 3. The zero-order valence-corrected chi connectivity index (χ0v) is 11.4. The molecule has 1 rings (SSSR count). The number of carbonyl (C=O) groups is 2. The lowest BCUT2D eigenvalue weighted by atomic mass is 10.3. The summed E-state index contributed by atoms with van der Waals surface area (Å²) in [7, 11) is 1.61. The summed E-state index contributed by atoms with van der Waals surface area (Å²) in [5, 5.41) is 8.52. The summed E-state index contributed by atoms with van der Waals surface area (Å²) in [5.41, 5.74) is 1.01. The van der Waals surface area contributed by atoms with Crippen molar-refractivity contribution in [2.75, 3.05) is 13.6 Å². The summed E-state index contributed by atoms with van der Waals surface area (Å²) in [6.45, 7) is 2.14. The predicted molar refractivity (Wildman–Crippen MR) is 66.0 cm³/mol. The fourth-order valence-corrected chi connectivity index (χ4v) is 2.65. The van der Waals surface area contributed by atoms with Crippen molar-refractivity contribution in [1.82, 2.24) is 4.90 Å². The Kier molecular flexibility index (Phi) is 4.49. The molecule has 1 amide bonds. The van der Waals surface area contributed by atoms with E-state index in [2.05, 4.69) is 15.9 Å². The molecule has 0 spiro atoms. The molecular formula is C10H12BrNO3S. The third-order valence-electron chi connectivity index (χ3n) is 2.08. The third-order valence-corrected chi connectivity index (χ3v) is 4.20. The number of thiophene rings is 1. The molecule has 0 bridgehead atoms. The first-order chi connectivity index (χ1) is 7.41. The average Bonchev–Trinajstić information content (AvgIpc) is 2.54. The van der Waals surface area contributed by atoms with Crippen LogP contribution in [0.1, 0.15) is 21.7 Å². The lowest BCUT2D eigenvalue weighted by Crippen LogP contribution is -2.28. The highest BCUT2D eigenvalue weighted by Crippen LogP contribution is 2.27. The quantitative estimate of drug-likeness (QED) is 0.929. The lowest BCUT2D eigenvalue weighted by Gasteiger charge is -2.14. The Morgan fingerprint density at radius 1 is 1.56 bits per heavy atom. The van der Waals surface area contributed by atoms with Crippen LogP contribution in [0, 0.1) is 6.92 Å². The van der Waals surface area contributed by atoms with Gasteiger partial charge in [-0.3, -0.25) is 9.59 Å². The number of amides is 1. The van der Waals surface area contributed by atoms with E-state index >= 15 is 0 Å². The minimum Gasteiger partial charge on any atom is -0.481 e. The molecule has 6 heteroatoms. The molecule has 0 saturated carbocycles. The molecule has 1 N–H and O–H groups in total. The lowest BCUT2D eigenvalue weighted by molar-refractivity contribution is -0.137. The minimum atomic E-state index is -0.900. The van der Waals surface area contributed by atoms with Crippen LogP contribution in [0.3, 0.4) is 0 Å². The van der Waals surface area contributed by atoms with E-state index in [0.717, 1.165) is 9.35 Å². The summed E-state index contributed by atoms with van der Waals surface area (Å²) in [4.78, 5) is 24.3. The standard InChI is InChI=1S/C10H12BrNO3S/c1-6-5-7(16-9(6)11)10(15)12(2)4-3-8(13)14/h5H,3-4H2,1-2H3,(H,13,14). The van der Waals surface area contributed by atoms with Gasteiger partial charge in [0.2, 0.25) is 0 Å². The van der Waals surface area contributed by atoms with E-state index in [4.69, 9.17) is 5.11 Å². The number of carboxylic acids is 1. The first-order valence-corrected chi connectivity index (χ1v) is 6.26. The Labute approximate surface area is 106 Å². The average molecular weight is 306 g/mol. The van der Waals surface area contributed by atoms with Gasteiger partial charge in [0.15, 0.2) is 0 Å². The van der Waals surface area contributed by atoms with Crippen LogP contribution in [0.15, 0.2) is 9.85 Å². The van der Waals surface area contributed by atoms with Crippen LogP contribution in [0.2, 0.25) is 0 Å². The van der Waals surface area contributed by atoms with E-state index < -0.39 is 5.97 Å². The molecule has 0 aliphatic rings. The Morgan fingerprint density at radius 2 is 2.19 bits per heavy atom. The van der Waals surface area contributed by atoms with Crippen LogP contribution in [-0.4, -0.2) is 35.5 Å². The zero-order valence-electron chi connectivity index (χ0n) is 8.99. The normalized spacial score (nSPS) is 10.2. The van der Waals surface area contributed by atoms with E-state index in [1.165, 1.54) is 16.2 Å². The number of nitrogens with zero attached hydrogens (tertiary/aromatic N) is 1. The number of aliphatic carboxylic acids is 1. The van der Waals surface area contributed by atoms with Crippen molar-refractivity contribution < 1.29 is 14.7 Å². The molecule has 0 radical (unpaired) electrons. The van der Waals surface area contributed by atoms with Gasteiger partial charge in [0.25, 0.3) is 5.91 Å². The van der Waals surface area contributed by atoms with Crippen molar-refractivity contribution in [3.05, 3.63) is 20.3 Å². The minimum absolute atomic E-state index is 0.0340. The Balaban J connectivity index is 2.66. The van der Waals surface area contributed by atoms with Crippen molar-refractivity contribution in [3.63, 3.8) is 0 Å². The number of carboxylic acid groups (broad SMARTS) is 1. The van der Waals surface area contributed by atoms with Gasteiger partial charge in [-0.15, -0.1) is 11.3 Å². The SMILES string of the molecule is Cc1cc(C(=O)N(C)CCC(=O)O)sc1Br. The highest BCUT2D eigenvalue weighted by molar-refractivity contribution is 9.11. The maximum Gasteiger partial charge on any atom is 0.305 e. The molecule has 0 atom stereocenters. The second kappa shape index (κ2) is 5.45. The first kappa shape index (κ1) is 13.2. The van der Waals surface area contributed by atoms with E-state index in [-0.39, 0.29) is 18.9 Å². The largest absolute Gasteiger partial charge is 0.481 e. The Bertz CT molecular complexity index is 397. The summed E-state index contributed by atoms with van der Waals surface area (Å²) in [6.07, 6.45) is -0.0340. The summed E-state index contributed by atoms with van der Waals surface area (Å²) in [5.74, 6) is -1.04. The summed E-state index contributed by atoms with van der Waals surface area (Å²) in [6, 6.07) is 1.80. The highest BCUT2D eigenvalue weighted by atomic mass is 79.9. The molecule has 0 fully saturated rings. The Morgan fingerprint density at radius 3 is 2.62 bits per heavy atom. The molecule has 16 heavy (non-hydrogen) atoms. The maximum atomic E-state index is 11.8. The van der Waals surface area contributed by atoms with E-state index in [1.54, 1.807) is 13.1 Å². The van der Waals surface area contributed by atoms with E-state index in [1.807, 2.05) is 6.92 Å². The number of rotatable bonds is 4. The van der Waals surface area contributed by atoms with Crippen LogP contribution >= 0.6 is 27.3 Å². The van der Waals surface area contributed by atoms with E-state index in [9.17, 15) is 9.59 Å². The maximum absolute atomic E-state index is 11.8. The molecule has 1 heterocycles. The monoisotopic (exact) mass is 305 g/mol. The van der Waals surface area contributed by atoms with Crippen molar-refractivity contribution in [1.29, 1.82) is 0 Å². The molecule has 0 aliphatic carbocycles. The van der Waals surface area contributed by atoms with Gasteiger partial charge in [-0.1, -0.05) is 0 Å². The third kappa shape index (κ3) is 3.31.